The molecule has 17 heavy (non-hydrogen) atoms. The Morgan fingerprint density at radius 2 is 2.18 bits per heavy atom. The van der Waals surface area contributed by atoms with E-state index in [2.05, 4.69) is 11.9 Å². The van der Waals surface area contributed by atoms with E-state index in [1.54, 1.807) is 12.1 Å². The fourth-order valence-corrected chi connectivity index (χ4v) is 2.25. The Balaban J connectivity index is 0.00000144. The molecule has 0 spiro atoms. The summed E-state index contributed by atoms with van der Waals surface area (Å²) in [7, 11) is 2.07. The molecule has 2 nitrogen and oxygen atoms in total. The molecule has 1 saturated carbocycles. The number of nitrogens with two attached hydrogens (primary N) is 1. The van der Waals surface area contributed by atoms with Crippen molar-refractivity contribution in [3.63, 3.8) is 0 Å². The molecule has 1 aliphatic carbocycles. The Morgan fingerprint density at radius 3 is 2.71 bits per heavy atom. The lowest BCUT2D eigenvalue weighted by Gasteiger charge is -2.26. The molecule has 4 heteroatoms. The summed E-state index contributed by atoms with van der Waals surface area (Å²) in [6.45, 7) is 1.46. The first-order valence-corrected chi connectivity index (χ1v) is 5.85. The van der Waals surface area contributed by atoms with Gasteiger partial charge < -0.3 is 5.73 Å². The number of halogens is 2. The number of nitrogens with zero attached hydrogens (tertiary/aromatic N) is 1. The van der Waals surface area contributed by atoms with E-state index in [1.807, 2.05) is 6.07 Å². The minimum Gasteiger partial charge on any atom is -0.329 e. The van der Waals surface area contributed by atoms with Crippen LogP contribution in [-0.4, -0.2) is 24.5 Å². The highest BCUT2D eigenvalue weighted by atomic mass is 35.5. The van der Waals surface area contributed by atoms with Gasteiger partial charge >= 0.3 is 0 Å². The molecule has 0 aliphatic heterocycles. The van der Waals surface area contributed by atoms with Gasteiger partial charge in [-0.25, -0.2) is 4.39 Å². The molecule has 96 valence electrons. The summed E-state index contributed by atoms with van der Waals surface area (Å²) in [4.78, 5) is 2.24. The molecule has 0 bridgehead atoms. The zero-order chi connectivity index (χ0) is 11.5. The van der Waals surface area contributed by atoms with Gasteiger partial charge in [0.05, 0.1) is 0 Å². The Hall–Kier alpha value is -0.640. The Labute approximate surface area is 108 Å². The van der Waals surface area contributed by atoms with Crippen molar-refractivity contribution in [2.24, 2.45) is 11.7 Å². The van der Waals surface area contributed by atoms with Gasteiger partial charge in [0.15, 0.2) is 0 Å². The number of benzene rings is 1. The standard InChI is InChI=1S/C13H19FN2.ClH/c1-16(13(8-15)11-5-6-11)9-10-3-2-4-12(14)7-10;/h2-4,7,11,13H,5-6,8-9,15H2,1H3;1H. The van der Waals surface area contributed by atoms with E-state index in [4.69, 9.17) is 5.73 Å². The van der Waals surface area contributed by atoms with Crippen LogP contribution in [0.15, 0.2) is 24.3 Å². The van der Waals surface area contributed by atoms with Crippen LogP contribution >= 0.6 is 12.4 Å². The molecular formula is C13H20ClFN2. The summed E-state index contributed by atoms with van der Waals surface area (Å²) < 4.78 is 13.0. The van der Waals surface area contributed by atoms with Crippen LogP contribution in [0.25, 0.3) is 0 Å². The average Bonchev–Trinajstić information content (AvgIpc) is 3.03. The molecule has 1 aliphatic rings. The van der Waals surface area contributed by atoms with Crippen molar-refractivity contribution in [3.8, 4) is 0 Å². The number of rotatable bonds is 5. The molecule has 0 heterocycles. The summed E-state index contributed by atoms with van der Waals surface area (Å²) in [6, 6.07) is 7.23. The fraction of sp³-hybridized carbons (Fsp3) is 0.538. The van der Waals surface area contributed by atoms with Crippen molar-refractivity contribution in [2.75, 3.05) is 13.6 Å². The molecule has 0 saturated heterocycles. The monoisotopic (exact) mass is 258 g/mol. The lowest BCUT2D eigenvalue weighted by molar-refractivity contribution is 0.215. The van der Waals surface area contributed by atoms with Gasteiger partial charge in [-0.1, -0.05) is 12.1 Å². The van der Waals surface area contributed by atoms with Gasteiger partial charge in [-0.05, 0) is 43.5 Å². The zero-order valence-electron chi connectivity index (χ0n) is 10.1. The predicted octanol–water partition coefficient (Wildman–Crippen LogP) is 2.42. The lowest BCUT2D eigenvalue weighted by Crippen LogP contribution is -2.39. The SMILES string of the molecule is CN(Cc1cccc(F)c1)C(CN)C1CC1.Cl. The molecule has 0 radical (unpaired) electrons. The summed E-state index contributed by atoms with van der Waals surface area (Å²) in [6.07, 6.45) is 2.57. The first-order valence-electron chi connectivity index (χ1n) is 5.85. The normalized spacial score (nSPS) is 16.7. The van der Waals surface area contributed by atoms with E-state index in [9.17, 15) is 4.39 Å². The van der Waals surface area contributed by atoms with Crippen molar-refractivity contribution < 1.29 is 4.39 Å². The quantitative estimate of drug-likeness (QED) is 0.879. The summed E-state index contributed by atoms with van der Waals surface area (Å²) in [5, 5.41) is 0. The van der Waals surface area contributed by atoms with E-state index in [1.165, 1.54) is 18.9 Å². The van der Waals surface area contributed by atoms with Gasteiger partial charge in [-0.3, -0.25) is 4.90 Å². The summed E-state index contributed by atoms with van der Waals surface area (Å²) in [5.74, 6) is 0.588. The number of likely N-dealkylation sites (N-methyl/N-ethyl adjacent to an activating group) is 1. The van der Waals surface area contributed by atoms with Gasteiger partial charge in [0, 0.05) is 19.1 Å². The zero-order valence-corrected chi connectivity index (χ0v) is 10.9. The molecule has 1 unspecified atom stereocenters. The van der Waals surface area contributed by atoms with Crippen LogP contribution in [0.1, 0.15) is 18.4 Å². The molecule has 2 rings (SSSR count). The Kier molecular flexibility index (Phi) is 5.37. The van der Waals surface area contributed by atoms with Gasteiger partial charge in [-0.2, -0.15) is 0 Å². The maximum atomic E-state index is 13.0. The second-order valence-corrected chi connectivity index (χ2v) is 4.69. The van der Waals surface area contributed by atoms with Crippen LogP contribution in [0.5, 0.6) is 0 Å². The topological polar surface area (TPSA) is 29.3 Å². The van der Waals surface area contributed by atoms with Crippen molar-refractivity contribution in [1.82, 2.24) is 4.90 Å². The van der Waals surface area contributed by atoms with Crippen molar-refractivity contribution in [3.05, 3.63) is 35.6 Å². The van der Waals surface area contributed by atoms with E-state index < -0.39 is 0 Å². The largest absolute Gasteiger partial charge is 0.329 e. The van der Waals surface area contributed by atoms with Crippen LogP contribution in [-0.2, 0) is 6.54 Å². The molecule has 2 N–H and O–H groups in total. The van der Waals surface area contributed by atoms with Gasteiger partial charge in [0.1, 0.15) is 5.82 Å². The highest BCUT2D eigenvalue weighted by Crippen LogP contribution is 2.34. The predicted molar refractivity (Wildman–Crippen MR) is 70.7 cm³/mol. The Bertz CT molecular complexity index is 355. The molecule has 1 aromatic carbocycles. The second kappa shape index (κ2) is 6.34. The van der Waals surface area contributed by atoms with Gasteiger partial charge in [-0.15, -0.1) is 12.4 Å². The van der Waals surface area contributed by atoms with E-state index in [-0.39, 0.29) is 18.2 Å². The minimum atomic E-state index is -0.165. The Morgan fingerprint density at radius 1 is 1.47 bits per heavy atom. The van der Waals surface area contributed by atoms with Crippen LogP contribution < -0.4 is 5.73 Å². The molecule has 1 aromatic rings. The number of hydrogen-bond donors (Lipinski definition) is 1. The van der Waals surface area contributed by atoms with Crippen molar-refractivity contribution >= 4 is 12.4 Å². The molecule has 0 aromatic heterocycles. The second-order valence-electron chi connectivity index (χ2n) is 4.69. The van der Waals surface area contributed by atoms with Gasteiger partial charge in [0.25, 0.3) is 0 Å². The highest BCUT2D eigenvalue weighted by Gasteiger charge is 2.32. The van der Waals surface area contributed by atoms with E-state index in [0.717, 1.165) is 18.0 Å². The highest BCUT2D eigenvalue weighted by molar-refractivity contribution is 5.85. The van der Waals surface area contributed by atoms with Crippen LogP contribution in [0, 0.1) is 11.7 Å². The number of hydrogen-bond acceptors (Lipinski definition) is 2. The maximum Gasteiger partial charge on any atom is 0.123 e. The lowest BCUT2D eigenvalue weighted by atomic mass is 10.1. The third-order valence-corrected chi connectivity index (χ3v) is 3.29. The maximum absolute atomic E-state index is 13.0. The van der Waals surface area contributed by atoms with Crippen LogP contribution in [0.3, 0.4) is 0 Å². The molecule has 0 amide bonds. The van der Waals surface area contributed by atoms with Crippen LogP contribution in [0.2, 0.25) is 0 Å². The molecule has 1 atom stereocenters. The summed E-state index contributed by atoms with van der Waals surface area (Å²) in [5.41, 5.74) is 6.80. The first kappa shape index (κ1) is 14.4. The fourth-order valence-electron chi connectivity index (χ4n) is 2.25. The van der Waals surface area contributed by atoms with E-state index >= 15 is 0 Å². The molecule has 1 fully saturated rings. The smallest absolute Gasteiger partial charge is 0.123 e. The third-order valence-electron chi connectivity index (χ3n) is 3.29. The van der Waals surface area contributed by atoms with Crippen molar-refractivity contribution in [2.45, 2.75) is 25.4 Å². The van der Waals surface area contributed by atoms with Gasteiger partial charge in [0.2, 0.25) is 0 Å². The van der Waals surface area contributed by atoms with E-state index in [0.29, 0.717) is 12.6 Å². The summed E-state index contributed by atoms with van der Waals surface area (Å²) >= 11 is 0. The first-order chi connectivity index (χ1) is 7.70. The third kappa shape index (κ3) is 3.95. The molecular weight excluding hydrogens is 239 g/mol. The average molecular weight is 259 g/mol. The van der Waals surface area contributed by atoms with Crippen molar-refractivity contribution in [1.29, 1.82) is 0 Å². The van der Waals surface area contributed by atoms with Crippen LogP contribution in [0.4, 0.5) is 4.39 Å². The minimum absolute atomic E-state index is 0.